The summed E-state index contributed by atoms with van der Waals surface area (Å²) in [5.41, 5.74) is 0.196. The summed E-state index contributed by atoms with van der Waals surface area (Å²) in [6, 6.07) is 3.45. The smallest absolute Gasteiger partial charge is 0.340 e. The minimum Gasteiger partial charge on any atom is -0.508 e. The fraction of sp³-hybridized carbons (Fsp3) is 0.375. The van der Waals surface area contributed by atoms with Gasteiger partial charge in [0, 0.05) is 11.5 Å². The van der Waals surface area contributed by atoms with Gasteiger partial charge in [0.1, 0.15) is 11.3 Å². The second-order valence-corrected chi connectivity index (χ2v) is 8.32. The van der Waals surface area contributed by atoms with E-state index in [9.17, 15) is 28.2 Å². The van der Waals surface area contributed by atoms with Crippen molar-refractivity contribution in [2.45, 2.75) is 25.5 Å². The monoisotopic (exact) mass is 367 g/mol. The van der Waals surface area contributed by atoms with Crippen LogP contribution in [0.15, 0.2) is 27.4 Å². The number of hydrogen-bond donors (Lipinski definition) is 3. The zero-order valence-corrected chi connectivity index (χ0v) is 14.2. The van der Waals surface area contributed by atoms with Crippen molar-refractivity contribution in [1.29, 1.82) is 0 Å². The quantitative estimate of drug-likeness (QED) is 0.630. The van der Waals surface area contributed by atoms with Crippen molar-refractivity contribution in [3.8, 4) is 5.75 Å². The Balaban J connectivity index is 1.84. The average molecular weight is 367 g/mol. The molecular formula is C16H17NO7S. The number of phenols is 1. The lowest BCUT2D eigenvalue weighted by Crippen LogP contribution is -2.43. The number of phenolic OH excluding ortho intramolecular Hbond substituents is 1. The van der Waals surface area contributed by atoms with Crippen LogP contribution < -0.4 is 10.9 Å². The Kier molecular flexibility index (Phi) is 4.29. The molecule has 25 heavy (non-hydrogen) atoms. The summed E-state index contributed by atoms with van der Waals surface area (Å²) < 4.78 is 28.1. The number of fused-ring (bicyclic) bond motifs is 1. The molecule has 8 nitrogen and oxygen atoms in total. The summed E-state index contributed by atoms with van der Waals surface area (Å²) in [5, 5.41) is 22.2. The van der Waals surface area contributed by atoms with E-state index in [2.05, 4.69) is 5.32 Å². The minimum atomic E-state index is -3.38. The van der Waals surface area contributed by atoms with E-state index in [1.807, 2.05) is 0 Å². The van der Waals surface area contributed by atoms with Gasteiger partial charge in [0.25, 0.3) is 0 Å². The van der Waals surface area contributed by atoms with Crippen LogP contribution in [-0.2, 0) is 21.1 Å². The molecule has 134 valence electrons. The Labute approximate surface area is 143 Å². The van der Waals surface area contributed by atoms with Gasteiger partial charge < -0.3 is 19.9 Å². The van der Waals surface area contributed by atoms with Gasteiger partial charge in [0.2, 0.25) is 5.91 Å². The van der Waals surface area contributed by atoms with Crippen molar-refractivity contribution in [2.24, 2.45) is 0 Å². The van der Waals surface area contributed by atoms with Crippen molar-refractivity contribution < 1.29 is 27.8 Å². The maximum atomic E-state index is 12.2. The summed E-state index contributed by atoms with van der Waals surface area (Å²) in [5.74, 6) is -1.34. The number of aryl methyl sites for hydroxylation is 1. The molecule has 0 saturated carbocycles. The molecule has 1 aliphatic rings. The van der Waals surface area contributed by atoms with Crippen LogP contribution in [0.25, 0.3) is 11.0 Å². The van der Waals surface area contributed by atoms with Crippen molar-refractivity contribution in [3.05, 3.63) is 39.7 Å². The molecule has 1 aliphatic heterocycles. The largest absolute Gasteiger partial charge is 0.508 e. The molecule has 2 atom stereocenters. The van der Waals surface area contributed by atoms with Crippen LogP contribution in [0.1, 0.15) is 11.1 Å². The first kappa shape index (κ1) is 17.4. The highest BCUT2D eigenvalue weighted by Crippen LogP contribution is 2.23. The summed E-state index contributed by atoms with van der Waals surface area (Å²) in [6.07, 6.45) is -1.46. The fourth-order valence-corrected chi connectivity index (χ4v) is 4.71. The van der Waals surface area contributed by atoms with Gasteiger partial charge in [-0.3, -0.25) is 4.79 Å². The highest BCUT2D eigenvalue weighted by molar-refractivity contribution is 7.91. The number of benzene rings is 1. The Morgan fingerprint density at radius 1 is 1.36 bits per heavy atom. The summed E-state index contributed by atoms with van der Waals surface area (Å²) in [4.78, 5) is 24.3. The van der Waals surface area contributed by atoms with Gasteiger partial charge in [0.15, 0.2) is 9.84 Å². The number of nitrogens with one attached hydrogen (secondary N) is 1. The molecule has 1 amide bonds. The van der Waals surface area contributed by atoms with Crippen molar-refractivity contribution in [1.82, 2.24) is 5.32 Å². The normalized spacial score (nSPS) is 22.2. The molecule has 2 heterocycles. The number of hydrogen-bond acceptors (Lipinski definition) is 7. The van der Waals surface area contributed by atoms with Crippen molar-refractivity contribution in [3.63, 3.8) is 0 Å². The lowest BCUT2D eigenvalue weighted by Gasteiger charge is -2.15. The predicted molar refractivity (Wildman–Crippen MR) is 89.2 cm³/mol. The molecule has 1 aromatic heterocycles. The third kappa shape index (κ3) is 3.52. The molecule has 1 saturated heterocycles. The number of rotatable bonds is 3. The van der Waals surface area contributed by atoms with E-state index in [-0.39, 0.29) is 29.1 Å². The van der Waals surface area contributed by atoms with Gasteiger partial charge in [-0.2, -0.15) is 0 Å². The van der Waals surface area contributed by atoms with Crippen LogP contribution >= 0.6 is 0 Å². The van der Waals surface area contributed by atoms with E-state index < -0.39 is 39.3 Å². The van der Waals surface area contributed by atoms with Crippen LogP contribution in [0.5, 0.6) is 5.75 Å². The van der Waals surface area contributed by atoms with Crippen LogP contribution in [0.4, 0.5) is 0 Å². The minimum absolute atomic E-state index is 0.0445. The number of sulfone groups is 1. The Bertz CT molecular complexity index is 1010. The molecule has 1 fully saturated rings. The molecule has 2 aromatic rings. The Morgan fingerprint density at radius 3 is 2.72 bits per heavy atom. The van der Waals surface area contributed by atoms with Gasteiger partial charge in [0.05, 0.1) is 35.6 Å². The number of aliphatic hydroxyl groups is 1. The summed E-state index contributed by atoms with van der Waals surface area (Å²) >= 11 is 0. The van der Waals surface area contributed by atoms with Crippen LogP contribution in [0.3, 0.4) is 0 Å². The number of carbonyl (C=O) groups excluding carboxylic acids is 1. The van der Waals surface area contributed by atoms with E-state index >= 15 is 0 Å². The van der Waals surface area contributed by atoms with E-state index in [1.54, 1.807) is 13.0 Å². The van der Waals surface area contributed by atoms with Crippen molar-refractivity contribution >= 4 is 26.7 Å². The first-order valence-corrected chi connectivity index (χ1v) is 9.41. The molecule has 0 aliphatic carbocycles. The van der Waals surface area contributed by atoms with E-state index in [4.69, 9.17) is 4.42 Å². The van der Waals surface area contributed by atoms with Gasteiger partial charge in [-0.05, 0) is 24.6 Å². The maximum absolute atomic E-state index is 12.2. The predicted octanol–water partition coefficient (Wildman–Crippen LogP) is -0.376. The highest BCUT2D eigenvalue weighted by Gasteiger charge is 2.37. The van der Waals surface area contributed by atoms with E-state index in [1.165, 1.54) is 12.1 Å². The van der Waals surface area contributed by atoms with Crippen LogP contribution in [-0.4, -0.2) is 48.2 Å². The second-order valence-electron chi connectivity index (χ2n) is 6.17. The Hall–Kier alpha value is -2.39. The lowest BCUT2D eigenvalue weighted by molar-refractivity contribution is -0.121. The maximum Gasteiger partial charge on any atom is 0.340 e. The molecule has 1 aromatic carbocycles. The first-order chi connectivity index (χ1) is 11.7. The molecule has 0 bridgehead atoms. The first-order valence-electron chi connectivity index (χ1n) is 7.59. The summed E-state index contributed by atoms with van der Waals surface area (Å²) in [7, 11) is -3.38. The van der Waals surface area contributed by atoms with E-state index in [0.29, 0.717) is 10.9 Å². The SMILES string of the molecule is Cc1c(CC(=O)NC2CS(=O)(=O)CC2O)c(=O)oc2cc(O)ccc12. The van der Waals surface area contributed by atoms with Crippen LogP contribution in [0, 0.1) is 6.92 Å². The Morgan fingerprint density at radius 2 is 2.08 bits per heavy atom. The molecule has 2 unspecified atom stereocenters. The molecule has 3 N–H and O–H groups in total. The van der Waals surface area contributed by atoms with Crippen molar-refractivity contribution in [2.75, 3.05) is 11.5 Å². The number of carbonyl (C=O) groups is 1. The van der Waals surface area contributed by atoms with Crippen LogP contribution in [0.2, 0.25) is 0 Å². The molecule has 9 heteroatoms. The third-order valence-electron chi connectivity index (χ3n) is 4.28. The fourth-order valence-electron chi connectivity index (χ4n) is 2.97. The second kappa shape index (κ2) is 6.16. The van der Waals surface area contributed by atoms with E-state index in [0.717, 1.165) is 0 Å². The van der Waals surface area contributed by atoms with Gasteiger partial charge >= 0.3 is 5.63 Å². The topological polar surface area (TPSA) is 134 Å². The molecule has 0 radical (unpaired) electrons. The number of amides is 1. The lowest BCUT2D eigenvalue weighted by atomic mass is 10.0. The number of aromatic hydroxyl groups is 1. The average Bonchev–Trinajstić information content (AvgIpc) is 2.75. The summed E-state index contributed by atoms with van der Waals surface area (Å²) in [6.45, 7) is 1.66. The van der Waals surface area contributed by atoms with Gasteiger partial charge in [-0.1, -0.05) is 0 Å². The number of aliphatic hydroxyl groups excluding tert-OH is 1. The zero-order valence-electron chi connectivity index (χ0n) is 13.4. The zero-order chi connectivity index (χ0) is 18.4. The molecular weight excluding hydrogens is 350 g/mol. The molecule has 3 rings (SSSR count). The van der Waals surface area contributed by atoms with Gasteiger partial charge in [-0.25, -0.2) is 13.2 Å². The highest BCUT2D eigenvalue weighted by atomic mass is 32.2. The third-order valence-corrected chi connectivity index (χ3v) is 5.99. The van der Waals surface area contributed by atoms with Gasteiger partial charge in [-0.15, -0.1) is 0 Å². The molecule has 0 spiro atoms. The standard InChI is InChI=1S/C16H17NO7S/c1-8-10-3-2-9(18)4-14(10)24-16(21)11(8)5-15(20)17-12-6-25(22,23)7-13(12)19/h2-4,12-13,18-19H,5-7H2,1H3,(H,17,20).